The number of amides is 1. The molecule has 11 heteroatoms. The SMILES string of the molecule is CCOC(=O)c1sc(N2C(=O)C(=O)/C(=C(/O)c3ccc4c(c3)C[C@H](C)O4)[C@H]2c2ccc(C(=O)OC)cc2)nc1C. The molecule has 40 heavy (non-hydrogen) atoms. The monoisotopic (exact) mass is 562 g/mol. The lowest BCUT2D eigenvalue weighted by atomic mass is 9.94. The van der Waals surface area contributed by atoms with E-state index < -0.39 is 29.7 Å². The standard InChI is InChI=1S/C29H26N2O8S/c1-5-38-28(36)25-15(3)30-29(40-25)31-22(16-6-8-17(9-7-16)27(35)37-4)21(24(33)26(31)34)23(32)18-10-11-20-19(13-18)12-14(2)39-20/h6-11,13-14,22,32H,5,12H2,1-4H3/b23-21+/t14-,22+/m0/s1. The maximum Gasteiger partial charge on any atom is 0.350 e. The number of benzene rings is 2. The normalized spacial score (nSPS) is 19.4. The van der Waals surface area contributed by atoms with Crippen molar-refractivity contribution < 1.29 is 38.5 Å². The average molecular weight is 563 g/mol. The van der Waals surface area contributed by atoms with E-state index in [1.54, 1.807) is 44.2 Å². The van der Waals surface area contributed by atoms with E-state index in [0.29, 0.717) is 29.0 Å². The fourth-order valence-electron chi connectivity index (χ4n) is 4.86. The lowest BCUT2D eigenvalue weighted by Crippen LogP contribution is -2.29. The van der Waals surface area contributed by atoms with Crippen molar-refractivity contribution >= 4 is 45.9 Å². The number of Topliss-reactive ketones (excluding diaryl/α,β-unsaturated/α-hetero) is 1. The number of methoxy groups -OCH3 is 1. The van der Waals surface area contributed by atoms with Crippen LogP contribution in [0.25, 0.3) is 5.76 Å². The maximum atomic E-state index is 13.5. The van der Waals surface area contributed by atoms with Gasteiger partial charge in [-0.15, -0.1) is 0 Å². The zero-order valence-corrected chi connectivity index (χ0v) is 23.0. The number of carbonyl (C=O) groups is 4. The zero-order chi connectivity index (χ0) is 28.7. The van der Waals surface area contributed by atoms with Gasteiger partial charge in [0.2, 0.25) is 0 Å². The second-order valence-electron chi connectivity index (χ2n) is 9.37. The van der Waals surface area contributed by atoms with Crippen molar-refractivity contribution in [3.05, 3.63) is 80.9 Å². The fraction of sp³-hybridized carbons (Fsp3) is 0.276. The molecule has 1 saturated heterocycles. The minimum Gasteiger partial charge on any atom is -0.507 e. The number of hydrogen-bond acceptors (Lipinski definition) is 10. The molecule has 0 saturated carbocycles. The van der Waals surface area contributed by atoms with E-state index in [1.165, 1.54) is 24.1 Å². The fourth-order valence-corrected chi connectivity index (χ4v) is 5.85. The maximum absolute atomic E-state index is 13.5. The van der Waals surface area contributed by atoms with Crippen molar-refractivity contribution in [1.82, 2.24) is 4.98 Å². The number of aromatic nitrogens is 1. The van der Waals surface area contributed by atoms with Crippen LogP contribution in [0.2, 0.25) is 0 Å². The molecular weight excluding hydrogens is 536 g/mol. The molecule has 1 aromatic heterocycles. The summed E-state index contributed by atoms with van der Waals surface area (Å²) in [5, 5.41) is 11.6. The van der Waals surface area contributed by atoms with Crippen LogP contribution in [0.15, 0.2) is 48.0 Å². The molecular formula is C29H26N2O8S. The zero-order valence-electron chi connectivity index (χ0n) is 22.2. The quantitative estimate of drug-likeness (QED) is 0.201. The summed E-state index contributed by atoms with van der Waals surface area (Å²) >= 11 is 0.919. The van der Waals surface area contributed by atoms with Crippen molar-refractivity contribution in [3.63, 3.8) is 0 Å². The summed E-state index contributed by atoms with van der Waals surface area (Å²) in [4.78, 5) is 57.3. The highest BCUT2D eigenvalue weighted by molar-refractivity contribution is 7.17. The number of aliphatic hydroxyl groups is 1. The number of carbonyl (C=O) groups excluding carboxylic acids is 4. The summed E-state index contributed by atoms with van der Waals surface area (Å²) in [6, 6.07) is 10.2. The van der Waals surface area contributed by atoms with Crippen LogP contribution in [-0.2, 0) is 25.5 Å². The summed E-state index contributed by atoms with van der Waals surface area (Å²) in [5.41, 5.74) is 2.14. The minimum atomic E-state index is -1.09. The van der Waals surface area contributed by atoms with Gasteiger partial charge >= 0.3 is 17.8 Å². The van der Waals surface area contributed by atoms with E-state index in [9.17, 15) is 24.3 Å². The van der Waals surface area contributed by atoms with Gasteiger partial charge in [0.1, 0.15) is 22.5 Å². The molecule has 1 fully saturated rings. The Kier molecular flexibility index (Phi) is 7.16. The van der Waals surface area contributed by atoms with E-state index in [1.807, 2.05) is 6.92 Å². The number of thiazole rings is 1. The summed E-state index contributed by atoms with van der Waals surface area (Å²) in [5.74, 6) is -2.62. The van der Waals surface area contributed by atoms with Gasteiger partial charge in [0, 0.05) is 12.0 Å². The first kappa shape index (κ1) is 27.1. The van der Waals surface area contributed by atoms with Gasteiger partial charge in [0.05, 0.1) is 36.6 Å². The van der Waals surface area contributed by atoms with E-state index >= 15 is 0 Å². The number of ketones is 1. The number of fused-ring (bicyclic) bond motifs is 1. The van der Waals surface area contributed by atoms with Gasteiger partial charge in [-0.3, -0.25) is 14.5 Å². The molecule has 3 heterocycles. The average Bonchev–Trinajstić information content (AvgIpc) is 3.59. The molecule has 3 aromatic rings. The van der Waals surface area contributed by atoms with Gasteiger partial charge in [-0.05, 0) is 62.2 Å². The van der Waals surface area contributed by atoms with E-state index in [2.05, 4.69) is 4.98 Å². The molecule has 0 aliphatic carbocycles. The van der Waals surface area contributed by atoms with Crippen LogP contribution < -0.4 is 9.64 Å². The van der Waals surface area contributed by atoms with Crippen LogP contribution in [0, 0.1) is 6.92 Å². The third-order valence-corrected chi connectivity index (χ3v) is 7.85. The number of nitrogens with zero attached hydrogens (tertiary/aromatic N) is 2. The highest BCUT2D eigenvalue weighted by Gasteiger charge is 2.48. The Labute approximate surface area is 233 Å². The number of esters is 2. The molecule has 2 aliphatic heterocycles. The number of hydrogen-bond donors (Lipinski definition) is 1. The summed E-state index contributed by atoms with van der Waals surface area (Å²) in [6.45, 7) is 5.38. The van der Waals surface area contributed by atoms with Crippen LogP contribution in [0.3, 0.4) is 0 Å². The van der Waals surface area contributed by atoms with Crippen molar-refractivity contribution in [1.29, 1.82) is 0 Å². The van der Waals surface area contributed by atoms with Gasteiger partial charge in [0.15, 0.2) is 5.13 Å². The molecule has 5 rings (SSSR count). The summed E-state index contributed by atoms with van der Waals surface area (Å²) in [6.07, 6.45) is 0.617. The van der Waals surface area contributed by atoms with Gasteiger partial charge < -0.3 is 19.3 Å². The van der Waals surface area contributed by atoms with Gasteiger partial charge in [-0.2, -0.15) is 0 Å². The Hall–Kier alpha value is -4.51. The smallest absolute Gasteiger partial charge is 0.350 e. The van der Waals surface area contributed by atoms with Crippen molar-refractivity contribution in [3.8, 4) is 5.75 Å². The van der Waals surface area contributed by atoms with Gasteiger partial charge in [0.25, 0.3) is 5.78 Å². The number of ether oxygens (including phenoxy) is 3. The lowest BCUT2D eigenvalue weighted by molar-refractivity contribution is -0.132. The highest BCUT2D eigenvalue weighted by atomic mass is 32.1. The molecule has 10 nitrogen and oxygen atoms in total. The Bertz CT molecular complexity index is 1570. The topological polar surface area (TPSA) is 132 Å². The van der Waals surface area contributed by atoms with Crippen LogP contribution in [0.5, 0.6) is 5.75 Å². The Morgan fingerprint density at radius 2 is 1.82 bits per heavy atom. The molecule has 0 spiro atoms. The van der Waals surface area contributed by atoms with Crippen LogP contribution in [0.1, 0.15) is 62.3 Å². The van der Waals surface area contributed by atoms with E-state index in [0.717, 1.165) is 16.9 Å². The molecule has 2 aromatic carbocycles. The second kappa shape index (κ2) is 10.6. The summed E-state index contributed by atoms with van der Waals surface area (Å²) in [7, 11) is 1.26. The van der Waals surface area contributed by atoms with Crippen molar-refractivity contribution in [2.24, 2.45) is 0 Å². The molecule has 2 aliphatic rings. The number of aryl methyl sites for hydroxylation is 1. The lowest BCUT2D eigenvalue weighted by Gasteiger charge is -2.23. The van der Waals surface area contributed by atoms with Gasteiger partial charge in [-0.1, -0.05) is 23.5 Å². The predicted molar refractivity (Wildman–Crippen MR) is 146 cm³/mol. The molecule has 1 N–H and O–H groups in total. The second-order valence-corrected chi connectivity index (χ2v) is 10.3. The van der Waals surface area contributed by atoms with Crippen LogP contribution in [-0.4, -0.2) is 53.5 Å². The molecule has 0 unspecified atom stereocenters. The third kappa shape index (κ3) is 4.62. The van der Waals surface area contributed by atoms with Crippen LogP contribution in [0.4, 0.5) is 5.13 Å². The third-order valence-electron chi connectivity index (χ3n) is 6.71. The molecule has 1 amide bonds. The molecule has 2 atom stereocenters. The number of anilines is 1. The van der Waals surface area contributed by atoms with Gasteiger partial charge in [-0.25, -0.2) is 14.6 Å². The summed E-state index contributed by atoms with van der Waals surface area (Å²) < 4.78 is 15.6. The number of rotatable bonds is 6. The molecule has 206 valence electrons. The van der Waals surface area contributed by atoms with Crippen molar-refractivity contribution in [2.75, 3.05) is 18.6 Å². The minimum absolute atomic E-state index is 0.0203. The highest BCUT2D eigenvalue weighted by Crippen LogP contribution is 2.44. The first-order chi connectivity index (χ1) is 19.1. The Balaban J connectivity index is 1.66. The van der Waals surface area contributed by atoms with Crippen molar-refractivity contribution in [2.45, 2.75) is 39.3 Å². The van der Waals surface area contributed by atoms with E-state index in [4.69, 9.17) is 14.2 Å². The largest absolute Gasteiger partial charge is 0.507 e. The Morgan fingerprint density at radius 1 is 1.12 bits per heavy atom. The number of aliphatic hydroxyl groups excluding tert-OH is 1. The molecule has 0 bridgehead atoms. The molecule has 0 radical (unpaired) electrons. The van der Waals surface area contributed by atoms with Crippen LogP contribution >= 0.6 is 11.3 Å². The first-order valence-electron chi connectivity index (χ1n) is 12.6. The first-order valence-corrected chi connectivity index (χ1v) is 13.4. The van der Waals surface area contributed by atoms with E-state index in [-0.39, 0.29) is 39.6 Å². The predicted octanol–water partition coefficient (Wildman–Crippen LogP) is 4.36. The Morgan fingerprint density at radius 3 is 2.50 bits per heavy atom.